The molecule has 0 bridgehead atoms. The lowest BCUT2D eigenvalue weighted by Gasteiger charge is -2.26. The van der Waals surface area contributed by atoms with Crippen LogP contribution >= 0.6 is 11.3 Å². The largest absolute Gasteiger partial charge is 0.465 e. The van der Waals surface area contributed by atoms with Gasteiger partial charge in [-0.3, -0.25) is 9.78 Å². The number of alkyl carbamates (subject to hydrolysis) is 1. The second kappa shape index (κ2) is 15.0. The number of benzene rings is 1. The number of thiophene rings is 1. The molecule has 0 radical (unpaired) electrons. The van der Waals surface area contributed by atoms with Crippen LogP contribution in [0.5, 0.6) is 0 Å². The summed E-state index contributed by atoms with van der Waals surface area (Å²) in [4.78, 5) is 44.3. The number of rotatable bonds is 13. The summed E-state index contributed by atoms with van der Waals surface area (Å²) in [7, 11) is 0. The Balaban J connectivity index is 1.66. The number of hydrogen-bond acceptors (Lipinski definition) is 6. The predicted molar refractivity (Wildman–Crippen MR) is 155 cm³/mol. The molecule has 0 aliphatic heterocycles. The lowest BCUT2D eigenvalue weighted by atomic mass is 10.0. The van der Waals surface area contributed by atoms with Gasteiger partial charge in [-0.05, 0) is 81.2 Å². The van der Waals surface area contributed by atoms with Gasteiger partial charge in [0.2, 0.25) is 5.91 Å². The zero-order valence-electron chi connectivity index (χ0n) is 23.2. The monoisotopic (exact) mass is 566 g/mol. The fourth-order valence-electron chi connectivity index (χ4n) is 4.16. The highest BCUT2D eigenvalue weighted by molar-refractivity contribution is 7.10. The molecule has 1 unspecified atom stereocenters. The number of aromatic nitrogens is 1. The predicted octanol–water partition coefficient (Wildman–Crippen LogP) is 5.79. The molecule has 214 valence electrons. The Hall–Kier alpha value is -3.92. The molecule has 0 aliphatic carbocycles. The summed E-state index contributed by atoms with van der Waals surface area (Å²) < 4.78 is 5.41. The van der Waals surface area contributed by atoms with Crippen molar-refractivity contribution in [3.63, 3.8) is 0 Å². The van der Waals surface area contributed by atoms with Crippen LogP contribution in [0.1, 0.15) is 62.1 Å². The van der Waals surface area contributed by atoms with Gasteiger partial charge in [0, 0.05) is 30.4 Å². The van der Waals surface area contributed by atoms with Crippen molar-refractivity contribution in [2.75, 3.05) is 6.54 Å². The van der Waals surface area contributed by atoms with E-state index in [0.29, 0.717) is 32.2 Å². The van der Waals surface area contributed by atoms with E-state index in [-0.39, 0.29) is 18.5 Å². The quantitative estimate of drug-likeness (QED) is 0.225. The SMILES string of the molecule is CC(C)(C)OC(=O)N[C@@H](CCCCN(Cc1ccccc1)C(=O)O)C(=O)NC(Cc1ccncc1)c1cccs1. The molecule has 0 saturated heterocycles. The van der Waals surface area contributed by atoms with Crippen molar-refractivity contribution < 1.29 is 24.2 Å². The topological polar surface area (TPSA) is 121 Å². The van der Waals surface area contributed by atoms with Crippen molar-refractivity contribution in [2.45, 2.75) is 70.7 Å². The van der Waals surface area contributed by atoms with Gasteiger partial charge in [-0.15, -0.1) is 11.3 Å². The van der Waals surface area contributed by atoms with Gasteiger partial charge in [-0.1, -0.05) is 36.4 Å². The number of ether oxygens (including phenoxy) is 1. The lowest BCUT2D eigenvalue weighted by Crippen LogP contribution is -2.49. The molecule has 0 saturated carbocycles. The summed E-state index contributed by atoms with van der Waals surface area (Å²) in [6.07, 6.45) is 3.72. The Bertz CT molecular complexity index is 1200. The number of nitrogens with one attached hydrogen (secondary N) is 2. The van der Waals surface area contributed by atoms with Gasteiger partial charge in [-0.25, -0.2) is 9.59 Å². The van der Waals surface area contributed by atoms with Crippen LogP contribution in [0.25, 0.3) is 0 Å². The number of nitrogens with zero attached hydrogens (tertiary/aromatic N) is 2. The van der Waals surface area contributed by atoms with Crippen molar-refractivity contribution in [1.29, 1.82) is 0 Å². The Labute approximate surface area is 239 Å². The summed E-state index contributed by atoms with van der Waals surface area (Å²) in [5, 5.41) is 17.5. The first-order valence-corrected chi connectivity index (χ1v) is 14.2. The molecule has 10 heteroatoms. The normalized spacial score (nSPS) is 12.7. The molecule has 40 heavy (non-hydrogen) atoms. The molecular weight excluding hydrogens is 528 g/mol. The number of unbranched alkanes of at least 4 members (excludes halogenated alkanes) is 1. The number of pyridine rings is 1. The van der Waals surface area contributed by atoms with Crippen LogP contribution in [0.2, 0.25) is 0 Å². The van der Waals surface area contributed by atoms with Crippen LogP contribution < -0.4 is 10.6 Å². The summed E-state index contributed by atoms with van der Waals surface area (Å²) in [5.74, 6) is -0.322. The molecular formula is C30H38N4O5S. The van der Waals surface area contributed by atoms with Crippen molar-refractivity contribution in [2.24, 2.45) is 0 Å². The Morgan fingerprint density at radius 2 is 1.70 bits per heavy atom. The van der Waals surface area contributed by atoms with Crippen molar-refractivity contribution in [3.8, 4) is 0 Å². The van der Waals surface area contributed by atoms with E-state index in [9.17, 15) is 19.5 Å². The minimum Gasteiger partial charge on any atom is -0.465 e. The van der Waals surface area contributed by atoms with Crippen molar-refractivity contribution in [1.82, 2.24) is 20.5 Å². The van der Waals surface area contributed by atoms with Crippen LogP contribution in [0, 0.1) is 0 Å². The third-order valence-electron chi connectivity index (χ3n) is 6.06. The third kappa shape index (κ3) is 10.7. The number of carbonyl (C=O) groups is 3. The third-order valence-corrected chi connectivity index (χ3v) is 7.04. The second-order valence-electron chi connectivity index (χ2n) is 10.5. The zero-order chi connectivity index (χ0) is 29.0. The number of amides is 3. The first kappa shape index (κ1) is 30.6. The molecule has 2 heterocycles. The van der Waals surface area contributed by atoms with Crippen molar-refractivity contribution >= 4 is 29.4 Å². The van der Waals surface area contributed by atoms with Gasteiger partial charge in [0.05, 0.1) is 6.04 Å². The molecule has 2 aromatic heterocycles. The molecule has 0 fully saturated rings. The lowest BCUT2D eigenvalue weighted by molar-refractivity contribution is -0.124. The minimum absolute atomic E-state index is 0.285. The highest BCUT2D eigenvalue weighted by Gasteiger charge is 2.27. The van der Waals surface area contributed by atoms with Crippen LogP contribution in [0.3, 0.4) is 0 Å². The van der Waals surface area contributed by atoms with E-state index >= 15 is 0 Å². The van der Waals surface area contributed by atoms with E-state index in [1.807, 2.05) is 60.0 Å². The summed E-state index contributed by atoms with van der Waals surface area (Å²) in [6, 6.07) is 16.0. The summed E-state index contributed by atoms with van der Waals surface area (Å²) in [5.41, 5.74) is 1.21. The highest BCUT2D eigenvalue weighted by atomic mass is 32.1. The first-order valence-electron chi connectivity index (χ1n) is 13.3. The van der Waals surface area contributed by atoms with Gasteiger partial charge in [0.15, 0.2) is 0 Å². The average Bonchev–Trinajstić information content (AvgIpc) is 3.44. The number of hydrogen-bond donors (Lipinski definition) is 3. The highest BCUT2D eigenvalue weighted by Crippen LogP contribution is 2.23. The maximum Gasteiger partial charge on any atom is 0.408 e. The molecule has 3 N–H and O–H groups in total. The summed E-state index contributed by atoms with van der Waals surface area (Å²) in [6.45, 7) is 5.88. The first-order chi connectivity index (χ1) is 19.1. The van der Waals surface area contributed by atoms with Crippen LogP contribution in [0.4, 0.5) is 9.59 Å². The number of carbonyl (C=O) groups excluding carboxylic acids is 2. The molecule has 1 aromatic carbocycles. The van der Waals surface area contributed by atoms with E-state index < -0.39 is 23.8 Å². The van der Waals surface area contributed by atoms with Crippen LogP contribution in [0.15, 0.2) is 72.4 Å². The molecule has 0 aliphatic rings. The van der Waals surface area contributed by atoms with Gasteiger partial charge in [0.1, 0.15) is 11.6 Å². The smallest absolute Gasteiger partial charge is 0.408 e. The Morgan fingerprint density at radius 3 is 2.33 bits per heavy atom. The second-order valence-corrected chi connectivity index (χ2v) is 11.5. The van der Waals surface area contributed by atoms with Gasteiger partial charge in [-0.2, -0.15) is 0 Å². The summed E-state index contributed by atoms with van der Waals surface area (Å²) >= 11 is 1.55. The standard InChI is InChI=1S/C30H38N4O5S/c1-30(2,3)39-28(36)33-24(12-7-8-18-34(29(37)38)21-23-10-5-4-6-11-23)27(35)32-25(26-13-9-19-40-26)20-22-14-16-31-17-15-22/h4-6,9-11,13-17,19,24-25H,7-8,12,18,20-21H2,1-3H3,(H,32,35)(H,33,36)(H,37,38)/t24-,25?/m0/s1. The van der Waals surface area contributed by atoms with Gasteiger partial charge < -0.3 is 25.4 Å². The molecule has 3 amide bonds. The average molecular weight is 567 g/mol. The molecule has 9 nitrogen and oxygen atoms in total. The van der Waals surface area contributed by atoms with E-state index in [1.165, 1.54) is 4.90 Å². The van der Waals surface area contributed by atoms with E-state index in [0.717, 1.165) is 16.0 Å². The van der Waals surface area contributed by atoms with E-state index in [1.54, 1.807) is 44.5 Å². The minimum atomic E-state index is -1.00. The number of carboxylic acid groups (broad SMARTS) is 1. The van der Waals surface area contributed by atoms with Crippen LogP contribution in [-0.2, 0) is 22.5 Å². The zero-order valence-corrected chi connectivity index (χ0v) is 24.0. The molecule has 3 rings (SSSR count). The fourth-order valence-corrected chi connectivity index (χ4v) is 4.93. The fraction of sp³-hybridized carbons (Fsp3) is 0.400. The Kier molecular flexibility index (Phi) is 11.5. The maximum absolute atomic E-state index is 13.5. The van der Waals surface area contributed by atoms with E-state index in [4.69, 9.17) is 4.74 Å². The van der Waals surface area contributed by atoms with Crippen LogP contribution in [-0.4, -0.2) is 51.3 Å². The van der Waals surface area contributed by atoms with Gasteiger partial charge in [0.25, 0.3) is 0 Å². The Morgan fingerprint density at radius 1 is 0.975 bits per heavy atom. The molecule has 2 atom stereocenters. The van der Waals surface area contributed by atoms with Crippen molar-refractivity contribution in [3.05, 3.63) is 88.4 Å². The molecule has 3 aromatic rings. The van der Waals surface area contributed by atoms with Gasteiger partial charge >= 0.3 is 12.2 Å². The maximum atomic E-state index is 13.5. The van der Waals surface area contributed by atoms with E-state index in [2.05, 4.69) is 15.6 Å². The molecule has 0 spiro atoms.